The van der Waals surface area contributed by atoms with E-state index in [1.807, 2.05) is 0 Å². The summed E-state index contributed by atoms with van der Waals surface area (Å²) < 4.78 is 37.7. The number of benzene rings is 1. The predicted octanol–water partition coefficient (Wildman–Crippen LogP) is 2.17. The smallest absolute Gasteiger partial charge is 0.424 e. The number of amides is 3. The Hall–Kier alpha value is -4.58. The highest BCUT2D eigenvalue weighted by atomic mass is 32.2. The second-order valence-corrected chi connectivity index (χ2v) is 11.7. The molecule has 0 aliphatic carbocycles. The summed E-state index contributed by atoms with van der Waals surface area (Å²) in [6.45, 7) is 4.61. The third-order valence-corrected chi connectivity index (χ3v) is 7.30. The number of rotatable bonds is 10. The molecule has 0 saturated carbocycles. The fraction of sp³-hybridized carbons (Fsp3) is 0.348. The maximum atomic E-state index is 13.0. The lowest BCUT2D eigenvalue weighted by Gasteiger charge is -2.25. The largest absolute Gasteiger partial charge is 0.467 e. The van der Waals surface area contributed by atoms with Crippen LogP contribution in [0.1, 0.15) is 43.3 Å². The van der Waals surface area contributed by atoms with Crippen molar-refractivity contribution in [2.24, 2.45) is 5.73 Å². The Morgan fingerprint density at radius 2 is 1.83 bits per heavy atom. The van der Waals surface area contributed by atoms with E-state index in [9.17, 15) is 37.7 Å². The van der Waals surface area contributed by atoms with Crippen LogP contribution in [-0.2, 0) is 29.1 Å². The molecule has 1 aromatic carbocycles. The van der Waals surface area contributed by atoms with Gasteiger partial charge in [-0.25, -0.2) is 18.0 Å². The molecule has 0 aliphatic rings. The van der Waals surface area contributed by atoms with Gasteiger partial charge >= 0.3 is 12.1 Å². The molecule has 18 heteroatoms. The minimum atomic E-state index is -4.51. The van der Waals surface area contributed by atoms with E-state index in [4.69, 9.17) is 15.9 Å². The van der Waals surface area contributed by atoms with Crippen molar-refractivity contribution >= 4 is 62.6 Å². The molecular formula is C23H28N6O10S2. The van der Waals surface area contributed by atoms with Gasteiger partial charge in [0.05, 0.1) is 17.7 Å². The molecule has 0 aliphatic heterocycles. The zero-order valence-corrected chi connectivity index (χ0v) is 24.0. The SMILES string of the molecule is COC(=O)[C@H](CCC(=O)N(C(=N)N)C(=O)OC(C)(C)C)NC(=O)c1sccc1NS(=O)(=O)c1ccccc1[N+](=O)[O-]. The number of sulfonamides is 1. The molecule has 222 valence electrons. The number of nitro groups is 1. The summed E-state index contributed by atoms with van der Waals surface area (Å²) in [6, 6.07) is 4.43. The highest BCUT2D eigenvalue weighted by Gasteiger charge is 2.32. The predicted molar refractivity (Wildman–Crippen MR) is 146 cm³/mol. The van der Waals surface area contributed by atoms with Crippen molar-refractivity contribution in [2.75, 3.05) is 11.8 Å². The molecule has 0 saturated heterocycles. The first kappa shape index (κ1) is 32.6. The summed E-state index contributed by atoms with van der Waals surface area (Å²) in [4.78, 5) is 60.3. The van der Waals surface area contributed by atoms with Crippen molar-refractivity contribution in [1.82, 2.24) is 10.2 Å². The first-order valence-electron chi connectivity index (χ1n) is 11.6. The molecule has 2 aromatic rings. The molecule has 1 heterocycles. The van der Waals surface area contributed by atoms with E-state index in [0.717, 1.165) is 30.6 Å². The number of hydrogen-bond donors (Lipinski definition) is 4. The first-order chi connectivity index (χ1) is 19.0. The number of hydrogen-bond acceptors (Lipinski definition) is 12. The average molecular weight is 613 g/mol. The standard InChI is InChI=1S/C23H28N6O10S2/c1-23(2,3)39-22(33)28(21(24)25)17(30)10-9-14(20(32)38-4)26-19(31)18-13(11-12-40-18)27-41(36,37)16-8-6-5-7-15(16)29(34)35/h5-8,11-12,14,27H,9-10H2,1-4H3,(H3,24,25)(H,26,31)/t14-/m0/s1. The molecule has 0 unspecified atom stereocenters. The number of imide groups is 1. The number of carbonyl (C=O) groups excluding carboxylic acids is 4. The van der Waals surface area contributed by atoms with Gasteiger partial charge in [-0.2, -0.15) is 4.90 Å². The molecule has 41 heavy (non-hydrogen) atoms. The molecule has 1 atom stereocenters. The summed E-state index contributed by atoms with van der Waals surface area (Å²) in [6.07, 6.45) is -2.16. The molecule has 0 radical (unpaired) electrons. The van der Waals surface area contributed by atoms with E-state index in [1.165, 1.54) is 44.4 Å². The number of nitrogens with two attached hydrogens (primary N) is 1. The van der Waals surface area contributed by atoms with Gasteiger partial charge < -0.3 is 20.5 Å². The van der Waals surface area contributed by atoms with Crippen LogP contribution in [0.2, 0.25) is 0 Å². The van der Waals surface area contributed by atoms with Crippen molar-refractivity contribution in [3.05, 3.63) is 50.7 Å². The van der Waals surface area contributed by atoms with Crippen molar-refractivity contribution in [3.63, 3.8) is 0 Å². The van der Waals surface area contributed by atoms with E-state index in [-0.39, 0.29) is 15.5 Å². The summed E-state index contributed by atoms with van der Waals surface area (Å²) in [5.41, 5.74) is 3.46. The van der Waals surface area contributed by atoms with Gasteiger partial charge in [0, 0.05) is 12.5 Å². The maximum Gasteiger partial charge on any atom is 0.424 e. The van der Waals surface area contributed by atoms with Crippen LogP contribution in [0.3, 0.4) is 0 Å². The number of guanidine groups is 1. The summed E-state index contributed by atoms with van der Waals surface area (Å²) in [5, 5.41) is 22.5. The van der Waals surface area contributed by atoms with Gasteiger partial charge in [-0.05, 0) is 44.7 Å². The van der Waals surface area contributed by atoms with Crippen molar-refractivity contribution in [3.8, 4) is 0 Å². The molecule has 0 fully saturated rings. The Bertz CT molecular complexity index is 1470. The van der Waals surface area contributed by atoms with E-state index in [1.54, 1.807) is 0 Å². The maximum absolute atomic E-state index is 13.0. The quantitative estimate of drug-likeness (QED) is 0.0996. The fourth-order valence-corrected chi connectivity index (χ4v) is 5.30. The Balaban J connectivity index is 2.22. The van der Waals surface area contributed by atoms with Gasteiger partial charge in [-0.15, -0.1) is 11.3 Å². The molecule has 2 rings (SSSR count). The number of nitro benzene ring substituents is 1. The Kier molecular flexibility index (Phi) is 10.5. The van der Waals surface area contributed by atoms with E-state index < -0.39 is 79.9 Å². The van der Waals surface area contributed by atoms with Crippen LogP contribution in [0.15, 0.2) is 40.6 Å². The zero-order chi connectivity index (χ0) is 31.1. The van der Waals surface area contributed by atoms with Crippen LogP contribution in [-0.4, -0.2) is 66.8 Å². The zero-order valence-electron chi connectivity index (χ0n) is 22.3. The van der Waals surface area contributed by atoms with Crippen LogP contribution in [0.4, 0.5) is 16.2 Å². The third kappa shape index (κ3) is 8.70. The van der Waals surface area contributed by atoms with Crippen molar-refractivity contribution in [2.45, 2.75) is 50.2 Å². The van der Waals surface area contributed by atoms with Gasteiger partial charge in [-0.3, -0.25) is 29.8 Å². The van der Waals surface area contributed by atoms with Crippen LogP contribution in [0, 0.1) is 15.5 Å². The second-order valence-electron chi connectivity index (χ2n) is 9.18. The van der Waals surface area contributed by atoms with E-state index in [2.05, 4.69) is 14.8 Å². The summed E-state index contributed by atoms with van der Waals surface area (Å²) >= 11 is 0.802. The second kappa shape index (κ2) is 13.2. The third-order valence-electron chi connectivity index (χ3n) is 4.97. The Labute approximate surface area is 238 Å². The Morgan fingerprint density at radius 3 is 2.39 bits per heavy atom. The number of thiophene rings is 1. The van der Waals surface area contributed by atoms with Crippen molar-refractivity contribution in [1.29, 1.82) is 5.41 Å². The molecule has 16 nitrogen and oxygen atoms in total. The van der Waals surface area contributed by atoms with Gasteiger partial charge in [0.2, 0.25) is 11.9 Å². The van der Waals surface area contributed by atoms with Gasteiger partial charge in [-0.1, -0.05) is 12.1 Å². The molecule has 3 amide bonds. The molecule has 1 aromatic heterocycles. The van der Waals surface area contributed by atoms with Gasteiger partial charge in [0.25, 0.3) is 21.6 Å². The summed E-state index contributed by atoms with van der Waals surface area (Å²) in [7, 11) is -3.48. The first-order valence-corrected chi connectivity index (χ1v) is 14.0. The number of para-hydroxylation sites is 1. The molecule has 0 bridgehead atoms. The van der Waals surface area contributed by atoms with E-state index in [0.29, 0.717) is 0 Å². The number of ether oxygens (including phenoxy) is 2. The number of nitrogens with zero attached hydrogens (tertiary/aromatic N) is 2. The van der Waals surface area contributed by atoms with Crippen molar-refractivity contribution < 1.29 is 42.0 Å². The fourth-order valence-electron chi connectivity index (χ4n) is 3.24. The minimum Gasteiger partial charge on any atom is -0.467 e. The molecule has 0 spiro atoms. The summed E-state index contributed by atoms with van der Waals surface area (Å²) in [5.74, 6) is -3.81. The van der Waals surface area contributed by atoms with Crippen LogP contribution < -0.4 is 15.8 Å². The monoisotopic (exact) mass is 612 g/mol. The number of esters is 1. The van der Waals surface area contributed by atoms with Gasteiger partial charge in [0.1, 0.15) is 16.5 Å². The highest BCUT2D eigenvalue weighted by molar-refractivity contribution is 7.92. The minimum absolute atomic E-state index is 0.202. The number of anilines is 1. The average Bonchev–Trinajstić information content (AvgIpc) is 3.32. The van der Waals surface area contributed by atoms with Crippen LogP contribution in [0.5, 0.6) is 0 Å². The topological polar surface area (TPSA) is 241 Å². The number of methoxy groups -OCH3 is 1. The van der Waals surface area contributed by atoms with Crippen LogP contribution >= 0.6 is 11.3 Å². The normalized spacial score (nSPS) is 12.0. The lowest BCUT2D eigenvalue weighted by molar-refractivity contribution is -0.387. The van der Waals surface area contributed by atoms with Gasteiger partial charge in [0.15, 0.2) is 4.90 Å². The lowest BCUT2D eigenvalue weighted by Crippen LogP contribution is -2.48. The van der Waals surface area contributed by atoms with E-state index >= 15 is 0 Å². The Morgan fingerprint density at radius 1 is 1.20 bits per heavy atom. The number of nitrogens with one attached hydrogen (secondary N) is 3. The highest BCUT2D eigenvalue weighted by Crippen LogP contribution is 2.29. The van der Waals surface area contributed by atoms with Crippen LogP contribution in [0.25, 0.3) is 0 Å². The molecule has 5 N–H and O–H groups in total. The lowest BCUT2D eigenvalue weighted by atomic mass is 10.1. The molecular weight excluding hydrogens is 584 g/mol. The number of carbonyl (C=O) groups is 4.